The number of aryl methyl sites for hydroxylation is 1. The topological polar surface area (TPSA) is 93.9 Å². The molecule has 0 spiro atoms. The molecular weight excluding hydrogens is 374 g/mol. The maximum absolute atomic E-state index is 12.7. The summed E-state index contributed by atoms with van der Waals surface area (Å²) in [6, 6.07) is 4.92. The summed E-state index contributed by atoms with van der Waals surface area (Å²) in [6.07, 6.45) is 1.99. The number of hydrogen-bond donors (Lipinski definition) is 1. The van der Waals surface area contributed by atoms with E-state index in [1.165, 1.54) is 14.2 Å². The Balaban J connectivity index is 1.65. The van der Waals surface area contributed by atoms with Gasteiger partial charge in [-0.15, -0.1) is 0 Å². The number of amides is 2. The van der Waals surface area contributed by atoms with Crippen molar-refractivity contribution in [2.75, 3.05) is 27.3 Å². The van der Waals surface area contributed by atoms with Crippen LogP contribution in [0.25, 0.3) is 0 Å². The van der Waals surface area contributed by atoms with Crippen molar-refractivity contribution in [2.24, 2.45) is 5.92 Å². The van der Waals surface area contributed by atoms with Gasteiger partial charge in [-0.05, 0) is 37.8 Å². The van der Waals surface area contributed by atoms with Crippen LogP contribution < -0.4 is 14.8 Å². The fourth-order valence-electron chi connectivity index (χ4n) is 3.28. The van der Waals surface area contributed by atoms with Crippen molar-refractivity contribution in [2.45, 2.75) is 33.2 Å². The van der Waals surface area contributed by atoms with Crippen LogP contribution in [0.1, 0.15) is 52.3 Å². The highest BCUT2D eigenvalue weighted by atomic mass is 16.5. The first-order chi connectivity index (χ1) is 13.9. The van der Waals surface area contributed by atoms with Gasteiger partial charge in [-0.25, -0.2) is 4.98 Å². The van der Waals surface area contributed by atoms with E-state index in [0.717, 1.165) is 25.9 Å². The Kier molecular flexibility index (Phi) is 6.41. The highest BCUT2D eigenvalue weighted by Gasteiger charge is 2.26. The number of likely N-dealkylation sites (tertiary alicyclic amines) is 1. The van der Waals surface area contributed by atoms with Crippen LogP contribution in [0.15, 0.2) is 22.6 Å². The summed E-state index contributed by atoms with van der Waals surface area (Å²) in [5.74, 6) is 1.98. The second-order valence-electron chi connectivity index (χ2n) is 7.27. The highest BCUT2D eigenvalue weighted by Crippen LogP contribution is 2.23. The van der Waals surface area contributed by atoms with Crippen LogP contribution in [0.3, 0.4) is 0 Å². The molecule has 1 fully saturated rings. The molecule has 1 aromatic carbocycles. The molecule has 8 nitrogen and oxygen atoms in total. The van der Waals surface area contributed by atoms with Gasteiger partial charge in [0, 0.05) is 24.7 Å². The summed E-state index contributed by atoms with van der Waals surface area (Å²) in [7, 11) is 3.04. The van der Waals surface area contributed by atoms with Crippen LogP contribution in [0.4, 0.5) is 0 Å². The fourth-order valence-corrected chi connectivity index (χ4v) is 3.28. The molecule has 2 amide bonds. The number of hydrogen-bond acceptors (Lipinski definition) is 6. The van der Waals surface area contributed by atoms with Gasteiger partial charge in [0.25, 0.3) is 11.8 Å². The third-order valence-electron chi connectivity index (χ3n) is 5.13. The number of aromatic nitrogens is 1. The number of ether oxygens (including phenoxy) is 2. The molecule has 1 aromatic heterocycles. The van der Waals surface area contributed by atoms with Gasteiger partial charge >= 0.3 is 0 Å². The summed E-state index contributed by atoms with van der Waals surface area (Å²) in [5.41, 5.74) is 0.704. The van der Waals surface area contributed by atoms with E-state index in [4.69, 9.17) is 13.9 Å². The fraction of sp³-hybridized carbons (Fsp3) is 0.476. The van der Waals surface area contributed by atoms with Crippen molar-refractivity contribution in [1.29, 1.82) is 0 Å². The van der Waals surface area contributed by atoms with Crippen LogP contribution in [0.2, 0.25) is 0 Å². The molecule has 3 rings (SSSR count). The van der Waals surface area contributed by atoms with Crippen molar-refractivity contribution in [3.8, 4) is 11.5 Å². The van der Waals surface area contributed by atoms with E-state index in [1.54, 1.807) is 25.1 Å². The monoisotopic (exact) mass is 401 g/mol. The minimum atomic E-state index is -0.323. The molecule has 0 aliphatic carbocycles. The molecule has 8 heteroatoms. The number of nitrogens with zero attached hydrogens (tertiary/aromatic N) is 2. The molecule has 0 saturated carbocycles. The van der Waals surface area contributed by atoms with Gasteiger partial charge in [-0.1, -0.05) is 6.92 Å². The molecule has 156 valence electrons. The third kappa shape index (κ3) is 4.88. The predicted molar refractivity (Wildman–Crippen MR) is 106 cm³/mol. The minimum absolute atomic E-state index is 0.0729. The molecule has 0 radical (unpaired) electrons. The van der Waals surface area contributed by atoms with Crippen molar-refractivity contribution >= 4 is 11.8 Å². The van der Waals surface area contributed by atoms with E-state index in [1.807, 2.05) is 4.90 Å². The number of nitrogens with one attached hydrogen (secondary N) is 1. The SMILES string of the molecule is COc1cc(OC)cc(C(=O)NCc2nc(C(=O)N3CCC(C)CC3)c(C)o2)c1. The maximum atomic E-state index is 12.7. The van der Waals surface area contributed by atoms with E-state index < -0.39 is 0 Å². The summed E-state index contributed by atoms with van der Waals surface area (Å²) in [5, 5.41) is 2.75. The third-order valence-corrected chi connectivity index (χ3v) is 5.13. The molecule has 2 aromatic rings. The van der Waals surface area contributed by atoms with Gasteiger partial charge in [0.1, 0.15) is 17.3 Å². The van der Waals surface area contributed by atoms with E-state index in [2.05, 4.69) is 17.2 Å². The van der Waals surface area contributed by atoms with E-state index >= 15 is 0 Å². The molecule has 1 aliphatic heterocycles. The lowest BCUT2D eigenvalue weighted by Crippen LogP contribution is -2.38. The lowest BCUT2D eigenvalue weighted by Gasteiger charge is -2.29. The first-order valence-corrected chi connectivity index (χ1v) is 9.68. The first kappa shape index (κ1) is 20.7. The van der Waals surface area contributed by atoms with Crippen LogP contribution in [0.5, 0.6) is 11.5 Å². The zero-order valence-corrected chi connectivity index (χ0v) is 17.3. The lowest BCUT2D eigenvalue weighted by molar-refractivity contribution is 0.0690. The molecule has 1 N–H and O–H groups in total. The Bertz CT molecular complexity index is 862. The zero-order chi connectivity index (χ0) is 21.0. The molecule has 0 atom stereocenters. The van der Waals surface area contributed by atoms with E-state index in [-0.39, 0.29) is 18.4 Å². The predicted octanol–water partition coefficient (Wildman–Crippen LogP) is 2.80. The van der Waals surface area contributed by atoms with Crippen molar-refractivity contribution in [3.05, 3.63) is 41.1 Å². The molecule has 2 heterocycles. The van der Waals surface area contributed by atoms with Crippen LogP contribution in [-0.2, 0) is 6.54 Å². The molecule has 1 saturated heterocycles. The summed E-state index contributed by atoms with van der Waals surface area (Å²) in [4.78, 5) is 31.4. The first-order valence-electron chi connectivity index (χ1n) is 9.68. The van der Waals surface area contributed by atoms with Gasteiger partial charge in [-0.3, -0.25) is 9.59 Å². The number of piperidine rings is 1. The number of oxazole rings is 1. The van der Waals surface area contributed by atoms with Gasteiger partial charge in [0.15, 0.2) is 5.69 Å². The molecule has 0 bridgehead atoms. The Hall–Kier alpha value is -3.03. The molecular formula is C21H27N3O5. The zero-order valence-electron chi connectivity index (χ0n) is 17.3. The summed E-state index contributed by atoms with van der Waals surface area (Å²) >= 11 is 0. The van der Waals surface area contributed by atoms with Gasteiger partial charge < -0.3 is 24.1 Å². The lowest BCUT2D eigenvalue weighted by atomic mass is 9.99. The van der Waals surface area contributed by atoms with Crippen LogP contribution in [-0.4, -0.2) is 49.0 Å². The van der Waals surface area contributed by atoms with Crippen LogP contribution in [0, 0.1) is 12.8 Å². The number of rotatable bonds is 6. The second kappa shape index (κ2) is 8.98. The number of carbonyl (C=O) groups is 2. The van der Waals surface area contributed by atoms with Crippen molar-refractivity contribution in [3.63, 3.8) is 0 Å². The Morgan fingerprint density at radius 2 is 1.79 bits per heavy atom. The molecule has 29 heavy (non-hydrogen) atoms. The van der Waals surface area contributed by atoms with E-state index in [9.17, 15) is 9.59 Å². The largest absolute Gasteiger partial charge is 0.497 e. The Labute approximate surface area is 170 Å². The Morgan fingerprint density at radius 3 is 2.38 bits per heavy atom. The van der Waals surface area contributed by atoms with Gasteiger partial charge in [-0.2, -0.15) is 0 Å². The van der Waals surface area contributed by atoms with Gasteiger partial charge in [0.05, 0.1) is 20.8 Å². The van der Waals surface area contributed by atoms with E-state index in [0.29, 0.717) is 40.3 Å². The van der Waals surface area contributed by atoms with Crippen molar-refractivity contribution < 1.29 is 23.5 Å². The molecule has 0 unspecified atom stereocenters. The summed E-state index contributed by atoms with van der Waals surface area (Å²) < 4.78 is 16.0. The van der Waals surface area contributed by atoms with Gasteiger partial charge in [0.2, 0.25) is 5.89 Å². The standard InChI is InChI=1S/C21H27N3O5/c1-13-5-7-24(8-6-13)21(26)19-14(2)29-18(23-19)12-22-20(25)15-9-16(27-3)11-17(10-15)28-4/h9-11,13H,5-8,12H2,1-4H3,(H,22,25). The second-order valence-corrected chi connectivity index (χ2v) is 7.27. The normalized spacial score (nSPS) is 14.6. The highest BCUT2D eigenvalue weighted by molar-refractivity contribution is 5.95. The van der Waals surface area contributed by atoms with Crippen LogP contribution >= 0.6 is 0 Å². The minimum Gasteiger partial charge on any atom is -0.497 e. The number of methoxy groups -OCH3 is 2. The average Bonchev–Trinajstić information content (AvgIpc) is 3.12. The smallest absolute Gasteiger partial charge is 0.276 e. The quantitative estimate of drug-likeness (QED) is 0.800. The Morgan fingerprint density at radius 1 is 1.17 bits per heavy atom. The number of carbonyl (C=O) groups excluding carboxylic acids is 2. The maximum Gasteiger partial charge on any atom is 0.276 e. The summed E-state index contributed by atoms with van der Waals surface area (Å²) in [6.45, 7) is 5.45. The van der Waals surface area contributed by atoms with Crippen molar-refractivity contribution in [1.82, 2.24) is 15.2 Å². The average molecular weight is 401 g/mol. The number of benzene rings is 1. The molecule has 1 aliphatic rings.